The number of rotatable bonds is 1. The van der Waals surface area contributed by atoms with Crippen LogP contribution in [-0.2, 0) is 12.5 Å². The molecule has 0 atom stereocenters. The first-order valence-corrected chi connectivity index (χ1v) is 10.2. The van der Waals surface area contributed by atoms with Gasteiger partial charge in [0.05, 0.1) is 5.56 Å². The molecule has 0 aliphatic heterocycles. The number of nitrogens with zero attached hydrogens (tertiary/aromatic N) is 1. The molecule has 0 radical (unpaired) electrons. The largest absolute Gasteiger partial charge is 0.455 e. The molecule has 31 heavy (non-hydrogen) atoms. The molecule has 0 saturated heterocycles. The van der Waals surface area contributed by atoms with Gasteiger partial charge in [0.2, 0.25) is 5.69 Å². The van der Waals surface area contributed by atoms with E-state index in [4.69, 9.17) is 16.8 Å². The van der Waals surface area contributed by atoms with Crippen LogP contribution in [0.1, 0.15) is 48.3 Å². The second-order valence-electron chi connectivity index (χ2n) is 8.31. The highest BCUT2D eigenvalue weighted by molar-refractivity contribution is 6.12. The van der Waals surface area contributed by atoms with Gasteiger partial charge in [-0.25, -0.2) is 4.57 Å². The molecule has 2 nitrogen and oxygen atoms in total. The van der Waals surface area contributed by atoms with Crippen molar-refractivity contribution in [3.05, 3.63) is 89.1 Å². The summed E-state index contributed by atoms with van der Waals surface area (Å²) in [7, 11) is 1.76. The zero-order valence-electron chi connectivity index (χ0n) is 26.2. The van der Waals surface area contributed by atoms with Crippen LogP contribution in [-0.4, -0.2) is 0 Å². The lowest BCUT2D eigenvalue weighted by molar-refractivity contribution is -0.660. The van der Waals surface area contributed by atoms with Crippen molar-refractivity contribution in [2.45, 2.75) is 32.9 Å². The summed E-state index contributed by atoms with van der Waals surface area (Å²) in [6.07, 6.45) is 1.56. The minimum absolute atomic E-state index is 0.146. The lowest BCUT2D eigenvalue weighted by atomic mass is 9.82. The zero-order valence-corrected chi connectivity index (χ0v) is 17.2. The van der Waals surface area contributed by atoms with Gasteiger partial charge in [-0.15, -0.1) is 0 Å². The van der Waals surface area contributed by atoms with Crippen LogP contribution in [0.4, 0.5) is 0 Å². The number of hydrogen-bond donors (Lipinski definition) is 0. The van der Waals surface area contributed by atoms with E-state index in [9.17, 15) is 0 Å². The Hall–Kier alpha value is -3.39. The smallest absolute Gasteiger partial charge is 0.216 e. The van der Waals surface area contributed by atoms with Crippen molar-refractivity contribution in [3.63, 3.8) is 0 Å². The summed E-state index contributed by atoms with van der Waals surface area (Å²) in [6.45, 7) is -6.18. The van der Waals surface area contributed by atoms with Gasteiger partial charge in [0.25, 0.3) is 0 Å². The van der Waals surface area contributed by atoms with Crippen LogP contribution >= 0.6 is 0 Å². The molecule has 3 aromatic carbocycles. The number of fused-ring (bicyclic) bond motifs is 7. The molecule has 0 saturated carbocycles. The first-order valence-electron chi connectivity index (χ1n) is 14.7. The molecule has 1 aliphatic carbocycles. The van der Waals surface area contributed by atoms with Gasteiger partial charge in [0.1, 0.15) is 18.2 Å². The van der Waals surface area contributed by atoms with Gasteiger partial charge in [-0.1, -0.05) is 56.2 Å². The molecule has 0 unspecified atom stereocenters. The van der Waals surface area contributed by atoms with Crippen molar-refractivity contribution in [1.29, 1.82) is 0 Å². The summed E-state index contributed by atoms with van der Waals surface area (Å²) in [5.41, 5.74) is 2.36. The zero-order chi connectivity index (χ0) is 29.0. The van der Waals surface area contributed by atoms with Gasteiger partial charge < -0.3 is 4.42 Å². The van der Waals surface area contributed by atoms with E-state index in [-0.39, 0.29) is 22.3 Å². The molecule has 6 rings (SSSR count). The molecule has 1 aliphatic rings. The van der Waals surface area contributed by atoms with Gasteiger partial charge in [0.15, 0.2) is 6.20 Å². The Morgan fingerprint density at radius 3 is 2.48 bits per heavy atom. The molecule has 0 fully saturated rings. The number of aryl methyl sites for hydroxylation is 3. The van der Waals surface area contributed by atoms with E-state index in [1.165, 1.54) is 0 Å². The minimum atomic E-state index is -2.91. The average Bonchev–Trinajstić information content (AvgIpc) is 3.37. The van der Waals surface area contributed by atoms with Crippen LogP contribution in [0.5, 0.6) is 0 Å². The fraction of sp³-hybridized carbons (Fsp3) is 0.207. The van der Waals surface area contributed by atoms with Crippen LogP contribution < -0.4 is 4.57 Å². The fourth-order valence-electron chi connectivity index (χ4n) is 4.96. The van der Waals surface area contributed by atoms with Gasteiger partial charge >= 0.3 is 0 Å². The van der Waals surface area contributed by atoms with E-state index >= 15 is 0 Å². The third-order valence-electron chi connectivity index (χ3n) is 6.40. The number of pyridine rings is 1. The standard InChI is InChI=1S/C29H26NO/c1-17-10-15-24(30(5)16-17)25-18(2)11-12-21-22-14-13-20-19-8-6-7-9-23(19)29(3,4)26(20)28(22)31-27(21)25/h6-16H,1-5H3/q+1/i1D3,3D3,4D3. The minimum Gasteiger partial charge on any atom is -0.455 e. The number of furan rings is 1. The number of hydrogen-bond acceptors (Lipinski definition) is 1. The highest BCUT2D eigenvalue weighted by atomic mass is 16.3. The predicted octanol–water partition coefficient (Wildman–Crippen LogP) is 7.00. The summed E-state index contributed by atoms with van der Waals surface area (Å²) in [6, 6.07) is 17.5. The molecule has 5 aromatic rings. The van der Waals surface area contributed by atoms with Crippen LogP contribution in [0.2, 0.25) is 0 Å². The Labute approximate surface area is 195 Å². The van der Waals surface area contributed by atoms with Crippen LogP contribution in [0.15, 0.2) is 71.3 Å². The SMILES string of the molecule is [2H]C([2H])([2H])c1ccc(-c2c(C)ccc3c2oc2c4c(ccc23)-c2ccccc2C4(C([2H])([2H])[2H])C([2H])([2H])[2H])[n+](C)c1. The summed E-state index contributed by atoms with van der Waals surface area (Å²) in [5.74, 6) is 0. The lowest BCUT2D eigenvalue weighted by Gasteiger charge is -2.21. The van der Waals surface area contributed by atoms with Gasteiger partial charge in [-0.3, -0.25) is 0 Å². The van der Waals surface area contributed by atoms with Crippen LogP contribution in [0.25, 0.3) is 44.3 Å². The van der Waals surface area contributed by atoms with Gasteiger partial charge in [-0.2, -0.15) is 0 Å². The topological polar surface area (TPSA) is 17.0 Å². The van der Waals surface area contributed by atoms with E-state index in [0.29, 0.717) is 38.7 Å². The molecule has 0 spiro atoms. The molecule has 0 bridgehead atoms. The first kappa shape index (κ1) is 11.3. The summed E-state index contributed by atoms with van der Waals surface area (Å²) < 4.78 is 83.2. The van der Waals surface area contributed by atoms with Gasteiger partial charge in [-0.05, 0) is 48.2 Å². The predicted molar refractivity (Wildman–Crippen MR) is 127 cm³/mol. The molecule has 0 amide bonds. The van der Waals surface area contributed by atoms with Crippen molar-refractivity contribution in [3.8, 4) is 22.4 Å². The first-order chi connectivity index (χ1) is 18.6. The Morgan fingerprint density at radius 2 is 1.68 bits per heavy atom. The Balaban J connectivity index is 1.75. The Morgan fingerprint density at radius 1 is 0.871 bits per heavy atom. The van der Waals surface area contributed by atoms with E-state index < -0.39 is 26.0 Å². The molecule has 2 aromatic heterocycles. The number of aromatic nitrogens is 1. The maximum Gasteiger partial charge on any atom is 0.216 e. The molecule has 0 N–H and O–H groups in total. The molecule has 2 heterocycles. The van der Waals surface area contributed by atoms with Crippen molar-refractivity contribution in [2.24, 2.45) is 7.05 Å². The lowest BCUT2D eigenvalue weighted by Crippen LogP contribution is -2.31. The molecule has 2 heteroatoms. The monoisotopic (exact) mass is 413 g/mol. The maximum absolute atomic E-state index is 8.60. The summed E-state index contributed by atoms with van der Waals surface area (Å²) in [5, 5.41) is 1.32. The van der Waals surface area contributed by atoms with E-state index in [1.54, 1.807) is 60.3 Å². The Kier molecular flexibility index (Phi) is 2.21. The second kappa shape index (κ2) is 6.07. The molecular formula is C29H26NO+. The van der Waals surface area contributed by atoms with E-state index in [0.717, 1.165) is 5.56 Å². The van der Waals surface area contributed by atoms with E-state index in [1.807, 2.05) is 25.1 Å². The van der Waals surface area contributed by atoms with Gasteiger partial charge in [0, 0.05) is 45.7 Å². The molecule has 152 valence electrons. The average molecular weight is 414 g/mol. The van der Waals surface area contributed by atoms with Crippen molar-refractivity contribution in [2.75, 3.05) is 0 Å². The summed E-state index contributed by atoms with van der Waals surface area (Å²) in [4.78, 5) is 0. The third kappa shape index (κ3) is 2.36. The molecular weight excluding hydrogens is 378 g/mol. The Bertz CT molecular complexity index is 1830. The quantitative estimate of drug-likeness (QED) is 0.270. The van der Waals surface area contributed by atoms with E-state index in [2.05, 4.69) is 0 Å². The normalized spacial score (nSPS) is 19.7. The van der Waals surface area contributed by atoms with Crippen LogP contribution in [0, 0.1) is 13.8 Å². The highest BCUT2D eigenvalue weighted by Crippen LogP contribution is 2.52. The van der Waals surface area contributed by atoms with Crippen molar-refractivity contribution >= 4 is 21.9 Å². The fourth-order valence-corrected chi connectivity index (χ4v) is 4.96. The van der Waals surface area contributed by atoms with Crippen molar-refractivity contribution in [1.82, 2.24) is 0 Å². The van der Waals surface area contributed by atoms with Crippen LogP contribution in [0.3, 0.4) is 0 Å². The third-order valence-corrected chi connectivity index (χ3v) is 6.40. The van der Waals surface area contributed by atoms with Crippen molar-refractivity contribution < 1.29 is 21.3 Å². The summed E-state index contributed by atoms with van der Waals surface area (Å²) >= 11 is 0. The number of benzene rings is 3. The maximum atomic E-state index is 8.60. The highest BCUT2D eigenvalue weighted by Gasteiger charge is 2.38. The second-order valence-corrected chi connectivity index (χ2v) is 8.31.